The Morgan fingerprint density at radius 2 is 2.35 bits per heavy atom. The molecule has 1 aromatic heterocycles. The smallest absolute Gasteiger partial charge is 0.234 e. The van der Waals surface area contributed by atoms with Crippen LogP contribution in [0.25, 0.3) is 0 Å². The van der Waals surface area contributed by atoms with Crippen molar-refractivity contribution >= 4 is 5.82 Å². The molecule has 0 aliphatic heterocycles. The molecule has 17 heavy (non-hydrogen) atoms. The zero-order chi connectivity index (χ0) is 12.1. The van der Waals surface area contributed by atoms with Gasteiger partial charge in [0.05, 0.1) is 19.0 Å². The van der Waals surface area contributed by atoms with E-state index >= 15 is 0 Å². The van der Waals surface area contributed by atoms with Crippen molar-refractivity contribution < 1.29 is 4.74 Å². The highest BCUT2D eigenvalue weighted by molar-refractivity contribution is 5.35. The van der Waals surface area contributed by atoms with Gasteiger partial charge in [0.2, 0.25) is 5.88 Å². The lowest BCUT2D eigenvalue weighted by Crippen LogP contribution is -2.35. The topological polar surface area (TPSA) is 73.1 Å². The van der Waals surface area contributed by atoms with Crippen LogP contribution in [-0.4, -0.2) is 28.7 Å². The van der Waals surface area contributed by atoms with E-state index < -0.39 is 0 Å². The molecular formula is C12H20N4O. The van der Waals surface area contributed by atoms with E-state index in [0.29, 0.717) is 18.5 Å². The van der Waals surface area contributed by atoms with Crippen LogP contribution in [0.4, 0.5) is 5.82 Å². The molecule has 1 heterocycles. The van der Waals surface area contributed by atoms with Gasteiger partial charge in [0.25, 0.3) is 0 Å². The van der Waals surface area contributed by atoms with Gasteiger partial charge in [0, 0.05) is 12.1 Å². The Labute approximate surface area is 102 Å². The molecule has 0 bridgehead atoms. The Bertz CT molecular complexity index is 358. The molecule has 0 saturated heterocycles. The Balaban J connectivity index is 1.95. The Morgan fingerprint density at radius 1 is 1.47 bits per heavy atom. The number of hydrogen-bond acceptors (Lipinski definition) is 5. The third-order valence-electron chi connectivity index (χ3n) is 2.97. The van der Waals surface area contributed by atoms with E-state index in [-0.39, 0.29) is 6.04 Å². The molecular weight excluding hydrogens is 216 g/mol. The lowest BCUT2D eigenvalue weighted by molar-refractivity contribution is 0.304. The first-order valence-electron chi connectivity index (χ1n) is 6.26. The summed E-state index contributed by atoms with van der Waals surface area (Å²) in [6.45, 7) is 2.73. The zero-order valence-corrected chi connectivity index (χ0v) is 10.2. The highest BCUT2D eigenvalue weighted by atomic mass is 16.5. The summed E-state index contributed by atoms with van der Waals surface area (Å²) in [5.41, 5.74) is 6.00. The number of anilines is 1. The maximum absolute atomic E-state index is 6.00. The Hall–Kier alpha value is -1.36. The first-order chi connectivity index (χ1) is 8.29. The van der Waals surface area contributed by atoms with Crippen molar-refractivity contribution in [3.8, 4) is 5.88 Å². The van der Waals surface area contributed by atoms with Crippen LogP contribution in [0.15, 0.2) is 12.4 Å². The van der Waals surface area contributed by atoms with Crippen LogP contribution in [-0.2, 0) is 0 Å². The Morgan fingerprint density at radius 3 is 3.06 bits per heavy atom. The molecule has 2 unspecified atom stereocenters. The summed E-state index contributed by atoms with van der Waals surface area (Å²) in [6.07, 6.45) is 7.67. The SMILES string of the molecule is CCCOc1cncc(NC2CCCC2N)n1. The average molecular weight is 236 g/mol. The molecule has 94 valence electrons. The van der Waals surface area contributed by atoms with Crippen molar-refractivity contribution in [2.45, 2.75) is 44.7 Å². The van der Waals surface area contributed by atoms with Crippen molar-refractivity contribution in [2.24, 2.45) is 5.73 Å². The maximum Gasteiger partial charge on any atom is 0.234 e. The first-order valence-corrected chi connectivity index (χ1v) is 6.26. The number of ether oxygens (including phenoxy) is 1. The number of rotatable bonds is 5. The van der Waals surface area contributed by atoms with Crippen molar-refractivity contribution in [3.63, 3.8) is 0 Å². The van der Waals surface area contributed by atoms with E-state index in [2.05, 4.69) is 22.2 Å². The quantitative estimate of drug-likeness (QED) is 0.811. The average Bonchev–Trinajstić information content (AvgIpc) is 2.73. The van der Waals surface area contributed by atoms with E-state index in [1.807, 2.05) is 0 Å². The molecule has 5 nitrogen and oxygen atoms in total. The number of hydrogen-bond donors (Lipinski definition) is 2. The molecule has 0 amide bonds. The van der Waals surface area contributed by atoms with Gasteiger partial charge in [-0.3, -0.25) is 4.98 Å². The normalized spacial score (nSPS) is 23.6. The molecule has 1 aromatic rings. The summed E-state index contributed by atoms with van der Waals surface area (Å²) < 4.78 is 5.44. The van der Waals surface area contributed by atoms with Gasteiger partial charge in [-0.1, -0.05) is 6.92 Å². The van der Waals surface area contributed by atoms with Crippen LogP contribution >= 0.6 is 0 Å². The fourth-order valence-corrected chi connectivity index (χ4v) is 2.05. The monoisotopic (exact) mass is 236 g/mol. The van der Waals surface area contributed by atoms with E-state index in [0.717, 1.165) is 25.1 Å². The summed E-state index contributed by atoms with van der Waals surface area (Å²) in [5, 5.41) is 3.33. The number of aromatic nitrogens is 2. The van der Waals surface area contributed by atoms with Crippen molar-refractivity contribution in [1.29, 1.82) is 0 Å². The molecule has 0 spiro atoms. The lowest BCUT2D eigenvalue weighted by Gasteiger charge is -2.17. The van der Waals surface area contributed by atoms with Gasteiger partial charge in [-0.2, -0.15) is 4.98 Å². The second-order valence-corrected chi connectivity index (χ2v) is 4.44. The second-order valence-electron chi connectivity index (χ2n) is 4.44. The molecule has 0 radical (unpaired) electrons. The molecule has 1 aliphatic rings. The van der Waals surface area contributed by atoms with Crippen LogP contribution in [0.3, 0.4) is 0 Å². The van der Waals surface area contributed by atoms with Gasteiger partial charge in [-0.25, -0.2) is 0 Å². The number of nitrogens with one attached hydrogen (secondary N) is 1. The van der Waals surface area contributed by atoms with Gasteiger partial charge in [-0.05, 0) is 25.7 Å². The third-order valence-corrected chi connectivity index (χ3v) is 2.97. The predicted molar refractivity (Wildman–Crippen MR) is 67.1 cm³/mol. The van der Waals surface area contributed by atoms with Crippen LogP contribution in [0.5, 0.6) is 5.88 Å². The van der Waals surface area contributed by atoms with Crippen LogP contribution in [0.2, 0.25) is 0 Å². The summed E-state index contributed by atoms with van der Waals surface area (Å²) in [7, 11) is 0. The van der Waals surface area contributed by atoms with Crippen LogP contribution < -0.4 is 15.8 Å². The van der Waals surface area contributed by atoms with E-state index in [9.17, 15) is 0 Å². The standard InChI is InChI=1S/C12H20N4O/c1-2-6-17-12-8-14-7-11(16-12)15-10-5-3-4-9(10)13/h7-10H,2-6,13H2,1H3,(H,15,16). The molecule has 1 fully saturated rings. The lowest BCUT2D eigenvalue weighted by atomic mass is 10.2. The second kappa shape index (κ2) is 5.82. The largest absolute Gasteiger partial charge is 0.477 e. The molecule has 1 saturated carbocycles. The number of nitrogens with zero attached hydrogens (tertiary/aromatic N) is 2. The summed E-state index contributed by atoms with van der Waals surface area (Å²) in [5.74, 6) is 1.32. The molecule has 1 aliphatic carbocycles. The Kier molecular flexibility index (Phi) is 4.14. The third kappa shape index (κ3) is 3.30. The van der Waals surface area contributed by atoms with Crippen molar-refractivity contribution in [2.75, 3.05) is 11.9 Å². The maximum atomic E-state index is 6.00. The van der Waals surface area contributed by atoms with Crippen molar-refractivity contribution in [3.05, 3.63) is 12.4 Å². The molecule has 2 rings (SSSR count). The van der Waals surface area contributed by atoms with Crippen LogP contribution in [0, 0.1) is 0 Å². The minimum absolute atomic E-state index is 0.219. The molecule has 5 heteroatoms. The summed E-state index contributed by atoms with van der Waals surface area (Å²) in [4.78, 5) is 8.47. The van der Waals surface area contributed by atoms with E-state index in [4.69, 9.17) is 10.5 Å². The molecule has 3 N–H and O–H groups in total. The van der Waals surface area contributed by atoms with E-state index in [1.165, 1.54) is 6.42 Å². The predicted octanol–water partition coefficient (Wildman–Crippen LogP) is 1.56. The van der Waals surface area contributed by atoms with Crippen LogP contribution in [0.1, 0.15) is 32.6 Å². The minimum Gasteiger partial charge on any atom is -0.477 e. The van der Waals surface area contributed by atoms with E-state index in [1.54, 1.807) is 12.4 Å². The van der Waals surface area contributed by atoms with Crippen molar-refractivity contribution in [1.82, 2.24) is 9.97 Å². The first kappa shape index (κ1) is 12.1. The highest BCUT2D eigenvalue weighted by Crippen LogP contribution is 2.21. The van der Waals surface area contributed by atoms with Gasteiger partial charge in [-0.15, -0.1) is 0 Å². The molecule has 2 atom stereocenters. The molecule has 0 aromatic carbocycles. The van der Waals surface area contributed by atoms with Gasteiger partial charge in [0.15, 0.2) is 0 Å². The number of nitrogens with two attached hydrogens (primary N) is 1. The zero-order valence-electron chi connectivity index (χ0n) is 10.2. The fourth-order valence-electron chi connectivity index (χ4n) is 2.05. The van der Waals surface area contributed by atoms with Gasteiger partial charge < -0.3 is 15.8 Å². The minimum atomic E-state index is 0.219. The summed E-state index contributed by atoms with van der Waals surface area (Å²) in [6, 6.07) is 0.530. The summed E-state index contributed by atoms with van der Waals surface area (Å²) >= 11 is 0. The van der Waals surface area contributed by atoms with Gasteiger partial charge in [0.1, 0.15) is 5.82 Å². The van der Waals surface area contributed by atoms with Gasteiger partial charge >= 0.3 is 0 Å². The fraction of sp³-hybridized carbons (Fsp3) is 0.667. The highest BCUT2D eigenvalue weighted by Gasteiger charge is 2.23.